The van der Waals surface area contributed by atoms with Crippen molar-refractivity contribution in [2.24, 2.45) is 11.8 Å². The molecule has 0 saturated heterocycles. The van der Waals surface area contributed by atoms with Crippen LogP contribution in [0, 0.1) is 17.7 Å². The lowest BCUT2D eigenvalue weighted by Crippen LogP contribution is -2.24. The highest BCUT2D eigenvalue weighted by Crippen LogP contribution is 2.30. The van der Waals surface area contributed by atoms with Gasteiger partial charge in [-0.15, -0.1) is 0 Å². The summed E-state index contributed by atoms with van der Waals surface area (Å²) in [4.78, 5) is 0. The van der Waals surface area contributed by atoms with Crippen molar-refractivity contribution in [2.75, 3.05) is 6.54 Å². The van der Waals surface area contributed by atoms with E-state index in [9.17, 15) is 4.39 Å². The lowest BCUT2D eigenvalue weighted by Gasteiger charge is -2.16. The quantitative estimate of drug-likeness (QED) is 0.857. The molecule has 0 heterocycles. The Labute approximate surface area is 107 Å². The van der Waals surface area contributed by atoms with E-state index in [-0.39, 0.29) is 10.8 Å². The Kier molecular flexibility index (Phi) is 4.41. The number of nitrogens with one attached hydrogen (secondary N) is 1. The monoisotopic (exact) mass is 255 g/mol. The first-order valence-corrected chi connectivity index (χ1v) is 6.70. The average Bonchev–Trinajstić information content (AvgIpc) is 2.71. The number of halogens is 2. The van der Waals surface area contributed by atoms with E-state index >= 15 is 0 Å². The zero-order valence-corrected chi connectivity index (χ0v) is 10.9. The van der Waals surface area contributed by atoms with Crippen molar-refractivity contribution in [1.82, 2.24) is 5.32 Å². The van der Waals surface area contributed by atoms with Crippen molar-refractivity contribution in [1.29, 1.82) is 0 Å². The molecule has 1 aliphatic rings. The number of hydrogen-bond acceptors (Lipinski definition) is 1. The van der Waals surface area contributed by atoms with E-state index in [2.05, 4.69) is 12.2 Å². The fourth-order valence-electron chi connectivity index (χ4n) is 2.60. The van der Waals surface area contributed by atoms with Gasteiger partial charge < -0.3 is 5.32 Å². The molecule has 1 fully saturated rings. The molecule has 1 aliphatic carbocycles. The summed E-state index contributed by atoms with van der Waals surface area (Å²) in [5.74, 6) is 1.25. The second-order valence-electron chi connectivity index (χ2n) is 5.01. The number of benzene rings is 1. The Morgan fingerprint density at radius 2 is 2.24 bits per heavy atom. The van der Waals surface area contributed by atoms with Crippen LogP contribution in [-0.4, -0.2) is 6.54 Å². The van der Waals surface area contributed by atoms with Crippen LogP contribution in [-0.2, 0) is 6.54 Å². The summed E-state index contributed by atoms with van der Waals surface area (Å²) in [5.41, 5.74) is 0.656. The maximum Gasteiger partial charge on any atom is 0.146 e. The fraction of sp³-hybridized carbons (Fsp3) is 0.571. The molecule has 0 amide bonds. The molecule has 2 unspecified atom stereocenters. The molecular formula is C14H19ClFN. The van der Waals surface area contributed by atoms with Crippen LogP contribution in [0.4, 0.5) is 4.39 Å². The molecule has 0 aliphatic heterocycles. The molecule has 2 atom stereocenters. The second-order valence-corrected chi connectivity index (χ2v) is 5.42. The topological polar surface area (TPSA) is 12.0 Å². The normalized spacial score (nSPS) is 24.2. The zero-order valence-electron chi connectivity index (χ0n) is 10.2. The third kappa shape index (κ3) is 3.20. The van der Waals surface area contributed by atoms with Crippen molar-refractivity contribution in [2.45, 2.75) is 32.7 Å². The van der Waals surface area contributed by atoms with E-state index in [1.165, 1.54) is 19.3 Å². The van der Waals surface area contributed by atoms with Crippen molar-refractivity contribution in [3.05, 3.63) is 34.6 Å². The predicted molar refractivity (Wildman–Crippen MR) is 69.6 cm³/mol. The van der Waals surface area contributed by atoms with Crippen LogP contribution in [0.15, 0.2) is 18.2 Å². The molecule has 1 nitrogen and oxygen atoms in total. The zero-order chi connectivity index (χ0) is 12.3. The van der Waals surface area contributed by atoms with Crippen LogP contribution in [0.1, 0.15) is 31.7 Å². The molecule has 2 rings (SSSR count). The van der Waals surface area contributed by atoms with Gasteiger partial charge in [-0.3, -0.25) is 0 Å². The Morgan fingerprint density at radius 1 is 1.41 bits per heavy atom. The van der Waals surface area contributed by atoms with Crippen LogP contribution in [0.25, 0.3) is 0 Å². The molecule has 94 valence electrons. The van der Waals surface area contributed by atoms with Crippen LogP contribution >= 0.6 is 11.6 Å². The maximum absolute atomic E-state index is 13.6. The van der Waals surface area contributed by atoms with E-state index in [0.29, 0.717) is 12.1 Å². The lowest BCUT2D eigenvalue weighted by molar-refractivity contribution is 0.390. The van der Waals surface area contributed by atoms with Gasteiger partial charge in [0.15, 0.2) is 0 Å². The summed E-state index contributed by atoms with van der Waals surface area (Å²) < 4.78 is 13.6. The van der Waals surface area contributed by atoms with Gasteiger partial charge in [0, 0.05) is 12.1 Å². The Hall–Kier alpha value is -0.600. The third-order valence-corrected chi connectivity index (χ3v) is 4.08. The van der Waals surface area contributed by atoms with Crippen molar-refractivity contribution >= 4 is 11.6 Å². The minimum atomic E-state index is -0.291. The Balaban J connectivity index is 1.84. The maximum atomic E-state index is 13.6. The van der Waals surface area contributed by atoms with E-state index in [1.807, 2.05) is 0 Å². The van der Waals surface area contributed by atoms with Gasteiger partial charge in [-0.05, 0) is 30.9 Å². The highest BCUT2D eigenvalue weighted by Gasteiger charge is 2.22. The van der Waals surface area contributed by atoms with Gasteiger partial charge in [0.25, 0.3) is 0 Å². The third-order valence-electron chi connectivity index (χ3n) is 3.79. The minimum absolute atomic E-state index is 0.207. The summed E-state index contributed by atoms with van der Waals surface area (Å²) in [6.07, 6.45) is 3.96. The predicted octanol–water partition coefficient (Wildman–Crippen LogP) is 4.00. The molecule has 0 bridgehead atoms. The molecule has 17 heavy (non-hydrogen) atoms. The first kappa shape index (κ1) is 12.8. The van der Waals surface area contributed by atoms with Crippen molar-refractivity contribution in [3.8, 4) is 0 Å². The summed E-state index contributed by atoms with van der Waals surface area (Å²) in [6, 6.07) is 5.16. The van der Waals surface area contributed by atoms with Gasteiger partial charge in [-0.2, -0.15) is 0 Å². The van der Waals surface area contributed by atoms with E-state index in [4.69, 9.17) is 11.6 Å². The molecule has 3 heteroatoms. The number of rotatable bonds is 4. The lowest BCUT2D eigenvalue weighted by atomic mass is 9.98. The second kappa shape index (κ2) is 5.83. The van der Waals surface area contributed by atoms with Gasteiger partial charge in [0.1, 0.15) is 5.82 Å². The van der Waals surface area contributed by atoms with E-state index < -0.39 is 0 Å². The summed E-state index contributed by atoms with van der Waals surface area (Å²) in [5, 5.41) is 3.55. The molecule has 0 radical (unpaired) electrons. The largest absolute Gasteiger partial charge is 0.312 e. The molecule has 0 aromatic heterocycles. The summed E-state index contributed by atoms with van der Waals surface area (Å²) in [7, 11) is 0. The van der Waals surface area contributed by atoms with Gasteiger partial charge in [-0.1, -0.05) is 43.5 Å². The Morgan fingerprint density at radius 3 is 2.94 bits per heavy atom. The minimum Gasteiger partial charge on any atom is -0.312 e. The highest BCUT2D eigenvalue weighted by molar-refractivity contribution is 6.30. The van der Waals surface area contributed by atoms with Crippen LogP contribution < -0.4 is 5.32 Å². The van der Waals surface area contributed by atoms with Crippen LogP contribution in [0.3, 0.4) is 0 Å². The molecular weight excluding hydrogens is 237 g/mol. The molecule has 1 aromatic carbocycles. The van der Waals surface area contributed by atoms with Crippen LogP contribution in [0.5, 0.6) is 0 Å². The average molecular weight is 256 g/mol. The van der Waals surface area contributed by atoms with Gasteiger partial charge in [0.05, 0.1) is 5.02 Å². The van der Waals surface area contributed by atoms with Gasteiger partial charge in [-0.25, -0.2) is 4.39 Å². The van der Waals surface area contributed by atoms with Gasteiger partial charge in [0.2, 0.25) is 0 Å². The Bertz CT molecular complexity index is 380. The fourth-order valence-corrected chi connectivity index (χ4v) is 2.80. The van der Waals surface area contributed by atoms with Crippen LogP contribution in [0.2, 0.25) is 5.02 Å². The van der Waals surface area contributed by atoms with E-state index in [1.54, 1.807) is 18.2 Å². The molecule has 1 aromatic rings. The smallest absolute Gasteiger partial charge is 0.146 e. The van der Waals surface area contributed by atoms with E-state index in [0.717, 1.165) is 18.4 Å². The first-order chi connectivity index (χ1) is 8.18. The van der Waals surface area contributed by atoms with Crippen molar-refractivity contribution in [3.63, 3.8) is 0 Å². The molecule has 1 saturated carbocycles. The van der Waals surface area contributed by atoms with Gasteiger partial charge >= 0.3 is 0 Å². The molecule has 1 N–H and O–H groups in total. The SMILES string of the molecule is CC1CCCC1CNCc1cccc(Cl)c1F. The highest BCUT2D eigenvalue weighted by atomic mass is 35.5. The first-order valence-electron chi connectivity index (χ1n) is 6.32. The van der Waals surface area contributed by atoms with Crippen molar-refractivity contribution < 1.29 is 4.39 Å². The molecule has 0 spiro atoms. The standard InChI is InChI=1S/C14H19ClFN/c1-10-4-2-5-11(10)8-17-9-12-6-3-7-13(15)14(12)16/h3,6-7,10-11,17H,2,4-5,8-9H2,1H3. The summed E-state index contributed by atoms with van der Waals surface area (Å²) in [6.45, 7) is 3.85. The number of hydrogen-bond donors (Lipinski definition) is 1. The summed E-state index contributed by atoms with van der Waals surface area (Å²) >= 11 is 5.74.